The number of fused-ring (bicyclic) bond motifs is 1. The monoisotopic (exact) mass is 266 g/mol. The first-order valence-corrected chi connectivity index (χ1v) is 6.03. The van der Waals surface area contributed by atoms with Crippen molar-refractivity contribution in [2.45, 2.75) is 24.9 Å². The summed E-state index contributed by atoms with van der Waals surface area (Å²) in [5.74, 6) is 0.392. The minimum Gasteiger partial charge on any atom is -0.394 e. The van der Waals surface area contributed by atoms with Crippen LogP contribution in [0.25, 0.3) is 11.2 Å². The fourth-order valence-electron chi connectivity index (χ4n) is 2.47. The lowest BCUT2D eigenvalue weighted by Gasteiger charge is -2.09. The van der Waals surface area contributed by atoms with Gasteiger partial charge in [0.15, 0.2) is 5.82 Å². The lowest BCUT2D eigenvalue weighted by molar-refractivity contribution is -0.645. The van der Waals surface area contributed by atoms with Crippen molar-refractivity contribution < 1.29 is 19.5 Å². The van der Waals surface area contributed by atoms with Gasteiger partial charge in [0.2, 0.25) is 18.1 Å². The highest BCUT2D eigenvalue weighted by atomic mass is 16.5. The van der Waals surface area contributed by atoms with Gasteiger partial charge in [-0.25, -0.2) is 9.55 Å². The van der Waals surface area contributed by atoms with Gasteiger partial charge < -0.3 is 20.7 Å². The summed E-state index contributed by atoms with van der Waals surface area (Å²) in [6.07, 6.45) is 1.98. The lowest BCUT2D eigenvalue weighted by Crippen LogP contribution is -2.27. The Kier molecular flexibility index (Phi) is 2.85. The van der Waals surface area contributed by atoms with E-state index in [0.29, 0.717) is 23.4 Å². The minimum atomic E-state index is -0.683. The van der Waals surface area contributed by atoms with E-state index >= 15 is 0 Å². The van der Waals surface area contributed by atoms with Crippen molar-refractivity contribution in [3.8, 4) is 0 Å². The van der Waals surface area contributed by atoms with Gasteiger partial charge in [-0.15, -0.1) is 0 Å². The number of anilines is 1. The van der Waals surface area contributed by atoms with Gasteiger partial charge in [0.1, 0.15) is 12.4 Å². The molecule has 102 valence electrons. The Bertz CT molecular complexity index is 614. The SMILES string of the molecule is C[n+]1cn([C@H]2C[C@H](O)[C@@H](CO)O2)c2ncnc(N)c21. The van der Waals surface area contributed by atoms with Crippen LogP contribution in [-0.4, -0.2) is 43.6 Å². The van der Waals surface area contributed by atoms with Crippen LogP contribution in [0, 0.1) is 0 Å². The third-order valence-electron chi connectivity index (χ3n) is 3.42. The van der Waals surface area contributed by atoms with E-state index in [1.54, 1.807) is 10.9 Å². The average molecular weight is 266 g/mol. The second-order valence-electron chi connectivity index (χ2n) is 4.68. The molecule has 0 aromatic carbocycles. The Morgan fingerprint density at radius 1 is 1.58 bits per heavy atom. The van der Waals surface area contributed by atoms with E-state index < -0.39 is 12.2 Å². The van der Waals surface area contributed by atoms with Crippen LogP contribution in [-0.2, 0) is 11.8 Å². The van der Waals surface area contributed by atoms with E-state index in [9.17, 15) is 5.11 Å². The number of hydrogen-bond donors (Lipinski definition) is 3. The number of aryl methyl sites for hydroxylation is 1. The molecule has 2 aromatic rings. The number of rotatable bonds is 2. The Hall–Kier alpha value is -1.77. The van der Waals surface area contributed by atoms with Gasteiger partial charge in [0.25, 0.3) is 5.65 Å². The lowest BCUT2D eigenvalue weighted by atomic mass is 10.2. The Morgan fingerprint density at radius 2 is 2.37 bits per heavy atom. The molecule has 0 saturated carbocycles. The van der Waals surface area contributed by atoms with E-state index in [2.05, 4.69) is 9.97 Å². The molecule has 3 atom stereocenters. The fraction of sp³-hybridized carbons (Fsp3) is 0.545. The van der Waals surface area contributed by atoms with E-state index in [4.69, 9.17) is 15.6 Å². The molecular weight excluding hydrogens is 250 g/mol. The van der Waals surface area contributed by atoms with Crippen LogP contribution in [0.1, 0.15) is 12.6 Å². The highest BCUT2D eigenvalue weighted by Gasteiger charge is 2.39. The van der Waals surface area contributed by atoms with E-state index in [1.165, 1.54) is 6.33 Å². The van der Waals surface area contributed by atoms with Crippen molar-refractivity contribution >= 4 is 17.0 Å². The molecular formula is C11H16N5O3+. The predicted molar refractivity (Wildman–Crippen MR) is 64.7 cm³/mol. The van der Waals surface area contributed by atoms with Gasteiger partial charge in [-0.1, -0.05) is 0 Å². The molecule has 0 unspecified atom stereocenters. The number of nitrogens with two attached hydrogens (primary N) is 1. The fourth-order valence-corrected chi connectivity index (χ4v) is 2.47. The normalized spacial score (nSPS) is 27.2. The molecule has 2 aromatic heterocycles. The molecule has 0 bridgehead atoms. The van der Waals surface area contributed by atoms with Gasteiger partial charge in [-0.3, -0.25) is 0 Å². The van der Waals surface area contributed by atoms with E-state index in [1.807, 2.05) is 11.6 Å². The van der Waals surface area contributed by atoms with Crippen molar-refractivity contribution in [1.29, 1.82) is 0 Å². The molecule has 19 heavy (non-hydrogen) atoms. The molecule has 1 aliphatic rings. The Labute approximate surface area is 109 Å². The number of aliphatic hydroxyl groups excluding tert-OH is 2. The van der Waals surface area contributed by atoms with Crippen molar-refractivity contribution in [2.75, 3.05) is 12.3 Å². The maximum atomic E-state index is 9.79. The Morgan fingerprint density at radius 3 is 3.05 bits per heavy atom. The number of imidazole rings is 1. The predicted octanol–water partition coefficient (Wildman–Crippen LogP) is -1.52. The molecule has 3 heterocycles. The van der Waals surface area contributed by atoms with Gasteiger partial charge in [0.05, 0.1) is 19.8 Å². The molecule has 1 saturated heterocycles. The van der Waals surface area contributed by atoms with Crippen LogP contribution in [0.15, 0.2) is 12.7 Å². The minimum absolute atomic E-state index is 0.208. The molecule has 1 fully saturated rings. The van der Waals surface area contributed by atoms with Crippen LogP contribution in [0.5, 0.6) is 0 Å². The van der Waals surface area contributed by atoms with Crippen molar-refractivity contribution in [1.82, 2.24) is 14.5 Å². The van der Waals surface area contributed by atoms with Crippen molar-refractivity contribution in [3.63, 3.8) is 0 Å². The number of ether oxygens (including phenoxy) is 1. The summed E-state index contributed by atoms with van der Waals surface area (Å²) in [6.45, 7) is -0.208. The topological polar surface area (TPSA) is 110 Å². The molecule has 3 rings (SSSR count). The first-order valence-electron chi connectivity index (χ1n) is 6.03. The number of aliphatic hydroxyl groups is 2. The summed E-state index contributed by atoms with van der Waals surface area (Å²) in [5, 5.41) is 18.9. The summed E-state index contributed by atoms with van der Waals surface area (Å²) in [6, 6.07) is 0. The molecule has 0 amide bonds. The third kappa shape index (κ3) is 1.84. The van der Waals surface area contributed by atoms with Gasteiger partial charge in [-0.2, -0.15) is 9.55 Å². The van der Waals surface area contributed by atoms with Crippen LogP contribution < -0.4 is 10.3 Å². The van der Waals surface area contributed by atoms with Gasteiger partial charge in [0, 0.05) is 6.42 Å². The largest absolute Gasteiger partial charge is 0.394 e. The zero-order valence-corrected chi connectivity index (χ0v) is 10.5. The van der Waals surface area contributed by atoms with Crippen molar-refractivity contribution in [3.05, 3.63) is 12.7 Å². The van der Waals surface area contributed by atoms with Crippen LogP contribution in [0.3, 0.4) is 0 Å². The van der Waals surface area contributed by atoms with Gasteiger partial charge >= 0.3 is 0 Å². The third-order valence-corrected chi connectivity index (χ3v) is 3.42. The van der Waals surface area contributed by atoms with Crippen LogP contribution in [0.2, 0.25) is 0 Å². The second kappa shape index (κ2) is 4.41. The molecule has 0 aliphatic carbocycles. The van der Waals surface area contributed by atoms with Crippen molar-refractivity contribution in [2.24, 2.45) is 7.05 Å². The molecule has 4 N–H and O–H groups in total. The number of nitrogens with zero attached hydrogens (tertiary/aromatic N) is 4. The zero-order valence-electron chi connectivity index (χ0n) is 10.5. The van der Waals surface area contributed by atoms with Gasteiger partial charge in [-0.05, 0) is 0 Å². The summed E-state index contributed by atoms with van der Waals surface area (Å²) in [4.78, 5) is 8.17. The van der Waals surface area contributed by atoms with Crippen LogP contribution in [0.4, 0.5) is 5.82 Å². The number of nitrogen functional groups attached to an aromatic ring is 1. The zero-order chi connectivity index (χ0) is 13.6. The summed E-state index contributed by atoms with van der Waals surface area (Å²) in [5.41, 5.74) is 7.19. The highest BCUT2D eigenvalue weighted by molar-refractivity contribution is 5.77. The van der Waals surface area contributed by atoms with E-state index in [-0.39, 0.29) is 12.8 Å². The highest BCUT2D eigenvalue weighted by Crippen LogP contribution is 2.30. The Balaban J connectivity index is 2.05. The first-order chi connectivity index (χ1) is 9.11. The average Bonchev–Trinajstić information content (AvgIpc) is 2.91. The molecule has 8 nitrogen and oxygen atoms in total. The molecule has 8 heteroatoms. The molecule has 0 radical (unpaired) electrons. The summed E-state index contributed by atoms with van der Waals surface area (Å²) >= 11 is 0. The van der Waals surface area contributed by atoms with Crippen LogP contribution >= 0.6 is 0 Å². The maximum absolute atomic E-state index is 9.79. The summed E-state index contributed by atoms with van der Waals surface area (Å²) in [7, 11) is 1.84. The number of aromatic nitrogens is 4. The second-order valence-corrected chi connectivity index (χ2v) is 4.68. The summed E-state index contributed by atoms with van der Waals surface area (Å²) < 4.78 is 9.23. The maximum Gasteiger partial charge on any atom is 0.276 e. The smallest absolute Gasteiger partial charge is 0.276 e. The molecule has 0 spiro atoms. The first kappa shape index (κ1) is 12.3. The quantitative estimate of drug-likeness (QED) is 0.569. The standard InChI is InChI=1S/C11H16N5O3/c1-15-5-16(8-2-6(18)7(3-17)19-8)11-9(15)10(12)13-4-14-11/h4-8,17-18H,2-3H2,1H3,(H2,12,13,14)/q+1/t6-,7+,8+/m0/s1. The number of hydrogen-bond acceptors (Lipinski definition) is 6. The molecule has 1 aliphatic heterocycles. The van der Waals surface area contributed by atoms with E-state index in [0.717, 1.165) is 0 Å².